The van der Waals surface area contributed by atoms with E-state index >= 15 is 0 Å². The number of amides is 2. The summed E-state index contributed by atoms with van der Waals surface area (Å²) >= 11 is 1.73. The zero-order valence-corrected chi connectivity index (χ0v) is 17.0. The number of anilines is 1. The third-order valence-electron chi connectivity index (χ3n) is 4.82. The molecule has 0 aliphatic carbocycles. The lowest BCUT2D eigenvalue weighted by atomic mass is 10.1. The van der Waals surface area contributed by atoms with E-state index in [9.17, 15) is 10.1 Å². The van der Waals surface area contributed by atoms with Gasteiger partial charge >= 0.3 is 6.03 Å². The molecule has 1 atom stereocenters. The van der Waals surface area contributed by atoms with Crippen LogP contribution in [0.15, 0.2) is 29.8 Å². The highest BCUT2D eigenvalue weighted by atomic mass is 32.1. The number of rotatable bonds is 5. The zero-order valence-electron chi connectivity index (χ0n) is 16.2. The number of nitriles is 1. The molecule has 0 spiro atoms. The minimum Gasteiger partial charge on any atom is -0.336 e. The van der Waals surface area contributed by atoms with Gasteiger partial charge in [0.1, 0.15) is 11.9 Å². The lowest BCUT2D eigenvalue weighted by Gasteiger charge is -2.27. The summed E-state index contributed by atoms with van der Waals surface area (Å²) < 4.78 is 1.92. The van der Waals surface area contributed by atoms with Crippen molar-refractivity contribution in [2.45, 2.75) is 45.2 Å². The number of nitrogens with zero attached hydrogens (tertiary/aromatic N) is 3. The van der Waals surface area contributed by atoms with E-state index in [2.05, 4.69) is 39.1 Å². The Labute approximate surface area is 164 Å². The van der Waals surface area contributed by atoms with Gasteiger partial charge in [-0.3, -0.25) is 10.2 Å². The highest BCUT2D eigenvalue weighted by Crippen LogP contribution is 2.28. The van der Waals surface area contributed by atoms with Crippen molar-refractivity contribution in [3.05, 3.63) is 40.2 Å². The van der Waals surface area contributed by atoms with Crippen molar-refractivity contribution in [1.29, 1.82) is 5.26 Å². The summed E-state index contributed by atoms with van der Waals surface area (Å²) in [4.78, 5) is 16.3. The first kappa shape index (κ1) is 19.5. The Bertz CT molecular complexity index is 807. The zero-order chi connectivity index (χ0) is 19.4. The predicted octanol–water partition coefficient (Wildman–Crippen LogP) is 4.13. The summed E-state index contributed by atoms with van der Waals surface area (Å²) in [6.07, 6.45) is 4.20. The van der Waals surface area contributed by atoms with Gasteiger partial charge in [0.2, 0.25) is 0 Å². The van der Waals surface area contributed by atoms with E-state index in [4.69, 9.17) is 0 Å². The van der Waals surface area contributed by atoms with Crippen LogP contribution in [0.25, 0.3) is 0 Å². The van der Waals surface area contributed by atoms with Crippen LogP contribution in [0.3, 0.4) is 0 Å². The second-order valence-electron chi connectivity index (χ2n) is 7.88. The fourth-order valence-corrected chi connectivity index (χ4v) is 4.33. The van der Waals surface area contributed by atoms with Crippen LogP contribution < -0.4 is 10.6 Å². The van der Waals surface area contributed by atoms with Crippen LogP contribution in [-0.4, -0.2) is 35.1 Å². The van der Waals surface area contributed by atoms with Gasteiger partial charge < -0.3 is 9.88 Å². The van der Waals surface area contributed by atoms with Crippen molar-refractivity contribution >= 4 is 23.2 Å². The molecule has 6 nitrogen and oxygen atoms in total. The first-order valence-electron chi connectivity index (χ1n) is 9.34. The van der Waals surface area contributed by atoms with Crippen LogP contribution >= 0.6 is 11.3 Å². The number of hydrogen-bond donors (Lipinski definition) is 2. The predicted molar refractivity (Wildman–Crippen MR) is 109 cm³/mol. The van der Waals surface area contributed by atoms with Gasteiger partial charge in [0.15, 0.2) is 0 Å². The standard InChI is InChI=1S/C20H27N5OS/c1-20(2,3)25-14-15(12-21)11-18(25)23-19(26)22-13-16(17-7-6-10-27-17)24-8-4-5-9-24/h6-7,10-11,14,16H,4-5,8-9,13H2,1-3H3,(H2,22,23,26)/t16-/m0/s1. The maximum absolute atomic E-state index is 12.5. The topological polar surface area (TPSA) is 73.1 Å². The number of aromatic nitrogens is 1. The monoisotopic (exact) mass is 385 g/mol. The van der Waals surface area contributed by atoms with E-state index in [1.165, 1.54) is 17.7 Å². The van der Waals surface area contributed by atoms with Crippen molar-refractivity contribution in [3.63, 3.8) is 0 Å². The summed E-state index contributed by atoms with van der Waals surface area (Å²) in [5.74, 6) is 0.630. The molecule has 2 N–H and O–H groups in total. The molecule has 0 unspecified atom stereocenters. The number of thiophene rings is 1. The molecule has 3 rings (SSSR count). The van der Waals surface area contributed by atoms with E-state index in [-0.39, 0.29) is 17.6 Å². The molecule has 7 heteroatoms. The number of urea groups is 1. The quantitative estimate of drug-likeness (QED) is 0.812. The van der Waals surface area contributed by atoms with E-state index in [0.717, 1.165) is 13.1 Å². The molecule has 0 bridgehead atoms. The Kier molecular flexibility index (Phi) is 5.88. The molecular weight excluding hydrogens is 358 g/mol. The van der Waals surface area contributed by atoms with Gasteiger partial charge in [0, 0.05) is 23.2 Å². The SMILES string of the molecule is CC(C)(C)n1cc(C#N)cc1NC(=O)NC[C@@H](c1cccs1)N1CCCC1. The van der Waals surface area contributed by atoms with Crippen molar-refractivity contribution in [2.24, 2.45) is 0 Å². The van der Waals surface area contributed by atoms with Crippen LogP contribution in [0.1, 0.15) is 50.1 Å². The summed E-state index contributed by atoms with van der Waals surface area (Å²) in [6.45, 7) is 8.83. The molecule has 27 heavy (non-hydrogen) atoms. The molecule has 2 amide bonds. The maximum atomic E-state index is 12.5. The highest BCUT2D eigenvalue weighted by molar-refractivity contribution is 7.10. The number of nitrogens with one attached hydrogen (secondary N) is 2. The van der Waals surface area contributed by atoms with E-state index in [1.807, 2.05) is 25.3 Å². The second kappa shape index (κ2) is 8.15. The molecule has 0 radical (unpaired) electrons. The van der Waals surface area contributed by atoms with E-state index in [1.54, 1.807) is 23.6 Å². The summed E-state index contributed by atoms with van der Waals surface area (Å²) in [6, 6.07) is 8.01. The van der Waals surface area contributed by atoms with Crippen molar-refractivity contribution < 1.29 is 4.79 Å². The van der Waals surface area contributed by atoms with Crippen molar-refractivity contribution in [2.75, 3.05) is 25.0 Å². The van der Waals surface area contributed by atoms with Crippen LogP contribution in [0.4, 0.5) is 10.6 Å². The minimum absolute atomic E-state index is 0.210. The minimum atomic E-state index is -0.246. The van der Waals surface area contributed by atoms with Crippen molar-refractivity contribution in [1.82, 2.24) is 14.8 Å². The van der Waals surface area contributed by atoms with Gasteiger partial charge in [-0.15, -0.1) is 11.3 Å². The number of likely N-dealkylation sites (tertiary alicyclic amines) is 1. The highest BCUT2D eigenvalue weighted by Gasteiger charge is 2.25. The molecule has 1 aliphatic rings. The molecule has 0 saturated carbocycles. The average molecular weight is 386 g/mol. The van der Waals surface area contributed by atoms with Gasteiger partial charge in [0.25, 0.3) is 0 Å². The Morgan fingerprint density at radius 1 is 1.37 bits per heavy atom. The molecule has 1 fully saturated rings. The average Bonchev–Trinajstić information content (AvgIpc) is 3.36. The Hall–Kier alpha value is -2.30. The lowest BCUT2D eigenvalue weighted by Crippen LogP contribution is -2.39. The van der Waals surface area contributed by atoms with Crippen LogP contribution in [0.2, 0.25) is 0 Å². The fourth-order valence-electron chi connectivity index (χ4n) is 3.47. The Morgan fingerprint density at radius 2 is 2.11 bits per heavy atom. The van der Waals surface area contributed by atoms with Gasteiger partial charge in [-0.2, -0.15) is 5.26 Å². The normalized spacial score (nSPS) is 16.1. The largest absolute Gasteiger partial charge is 0.336 e. The van der Waals surface area contributed by atoms with Gasteiger partial charge in [-0.25, -0.2) is 4.79 Å². The van der Waals surface area contributed by atoms with Gasteiger partial charge in [-0.05, 0) is 64.2 Å². The number of carbonyl (C=O) groups excluding carboxylic acids is 1. The Balaban J connectivity index is 1.67. The van der Waals surface area contributed by atoms with Gasteiger partial charge in [-0.1, -0.05) is 6.07 Å². The first-order chi connectivity index (χ1) is 12.9. The van der Waals surface area contributed by atoms with E-state index < -0.39 is 0 Å². The first-order valence-corrected chi connectivity index (χ1v) is 10.2. The molecular formula is C20H27N5OS. The third-order valence-corrected chi connectivity index (χ3v) is 5.80. The number of hydrogen-bond acceptors (Lipinski definition) is 4. The summed E-state index contributed by atoms with van der Waals surface area (Å²) in [5.41, 5.74) is 0.306. The maximum Gasteiger partial charge on any atom is 0.320 e. The van der Waals surface area contributed by atoms with Crippen LogP contribution in [0.5, 0.6) is 0 Å². The lowest BCUT2D eigenvalue weighted by molar-refractivity contribution is 0.229. The van der Waals surface area contributed by atoms with Crippen molar-refractivity contribution in [3.8, 4) is 6.07 Å². The molecule has 3 heterocycles. The summed E-state index contributed by atoms with van der Waals surface area (Å²) in [7, 11) is 0. The number of carbonyl (C=O) groups is 1. The molecule has 2 aromatic rings. The molecule has 1 saturated heterocycles. The molecule has 2 aromatic heterocycles. The van der Waals surface area contributed by atoms with Crippen LogP contribution in [0, 0.1) is 11.3 Å². The van der Waals surface area contributed by atoms with E-state index in [0.29, 0.717) is 17.9 Å². The van der Waals surface area contributed by atoms with Gasteiger partial charge in [0.05, 0.1) is 11.6 Å². The second-order valence-corrected chi connectivity index (χ2v) is 8.86. The fraction of sp³-hybridized carbons (Fsp3) is 0.500. The Morgan fingerprint density at radius 3 is 2.70 bits per heavy atom. The van der Waals surface area contributed by atoms with Crippen LogP contribution in [-0.2, 0) is 5.54 Å². The summed E-state index contributed by atoms with van der Waals surface area (Å²) in [5, 5.41) is 17.2. The molecule has 1 aliphatic heterocycles. The third kappa shape index (κ3) is 4.71. The molecule has 0 aromatic carbocycles. The molecule has 144 valence electrons. The smallest absolute Gasteiger partial charge is 0.320 e.